The lowest BCUT2D eigenvalue weighted by atomic mass is 9.96. The van der Waals surface area contributed by atoms with Crippen LogP contribution in [0.5, 0.6) is 0 Å². The summed E-state index contributed by atoms with van der Waals surface area (Å²) in [5.74, 6) is -2.25. The Morgan fingerprint density at radius 2 is 1.82 bits per heavy atom. The molecule has 0 fully saturated rings. The van der Waals surface area contributed by atoms with E-state index in [9.17, 15) is 13.6 Å². The summed E-state index contributed by atoms with van der Waals surface area (Å²) in [7, 11) is 1.65. The van der Waals surface area contributed by atoms with Crippen LogP contribution in [-0.4, -0.2) is 24.4 Å². The first-order valence-corrected chi connectivity index (χ1v) is 5.41. The van der Waals surface area contributed by atoms with Gasteiger partial charge >= 0.3 is 0 Å². The maximum Gasteiger partial charge on any atom is 0.253 e. The van der Waals surface area contributed by atoms with Gasteiger partial charge < -0.3 is 4.90 Å². The van der Waals surface area contributed by atoms with Gasteiger partial charge in [-0.1, -0.05) is 20.8 Å². The average molecular weight is 241 g/mol. The monoisotopic (exact) mass is 241 g/mol. The van der Waals surface area contributed by atoms with Gasteiger partial charge in [0.15, 0.2) is 11.6 Å². The number of hydrogen-bond donors (Lipinski definition) is 0. The van der Waals surface area contributed by atoms with Crippen LogP contribution >= 0.6 is 0 Å². The van der Waals surface area contributed by atoms with Gasteiger partial charge in [0, 0.05) is 19.2 Å². The molecule has 1 aromatic rings. The third kappa shape index (κ3) is 3.80. The zero-order chi connectivity index (χ0) is 13.2. The quantitative estimate of drug-likeness (QED) is 0.779. The van der Waals surface area contributed by atoms with Gasteiger partial charge in [-0.25, -0.2) is 8.78 Å². The highest BCUT2D eigenvalue weighted by atomic mass is 19.2. The number of carbonyl (C=O) groups is 1. The van der Waals surface area contributed by atoms with Crippen LogP contribution in [0.2, 0.25) is 0 Å². The molecule has 0 saturated carbocycles. The van der Waals surface area contributed by atoms with Gasteiger partial charge in [0.2, 0.25) is 0 Å². The number of benzene rings is 1. The molecule has 0 aliphatic carbocycles. The SMILES string of the molecule is CN(CC(C)(C)C)C(=O)c1ccc(F)c(F)c1. The molecular formula is C13H17F2NO. The van der Waals surface area contributed by atoms with Crippen molar-refractivity contribution in [1.29, 1.82) is 0 Å². The van der Waals surface area contributed by atoms with Crippen LogP contribution in [0, 0.1) is 17.0 Å². The van der Waals surface area contributed by atoms with E-state index in [-0.39, 0.29) is 16.9 Å². The van der Waals surface area contributed by atoms with E-state index in [1.807, 2.05) is 20.8 Å². The molecule has 0 aromatic heterocycles. The molecule has 94 valence electrons. The first-order valence-electron chi connectivity index (χ1n) is 5.41. The van der Waals surface area contributed by atoms with Gasteiger partial charge in [-0.2, -0.15) is 0 Å². The molecule has 0 saturated heterocycles. The van der Waals surface area contributed by atoms with Gasteiger partial charge in [-0.3, -0.25) is 4.79 Å². The third-order valence-electron chi connectivity index (χ3n) is 2.22. The summed E-state index contributed by atoms with van der Waals surface area (Å²) in [6, 6.07) is 3.18. The summed E-state index contributed by atoms with van der Waals surface area (Å²) >= 11 is 0. The molecule has 0 atom stereocenters. The summed E-state index contributed by atoms with van der Waals surface area (Å²) in [6.07, 6.45) is 0. The third-order valence-corrected chi connectivity index (χ3v) is 2.22. The first kappa shape index (κ1) is 13.6. The van der Waals surface area contributed by atoms with Crippen LogP contribution < -0.4 is 0 Å². The predicted molar refractivity (Wildman–Crippen MR) is 62.8 cm³/mol. The van der Waals surface area contributed by atoms with E-state index in [4.69, 9.17) is 0 Å². The van der Waals surface area contributed by atoms with Crippen molar-refractivity contribution in [2.45, 2.75) is 20.8 Å². The van der Waals surface area contributed by atoms with Gasteiger partial charge in [0.05, 0.1) is 0 Å². The Morgan fingerprint density at radius 3 is 2.29 bits per heavy atom. The maximum absolute atomic E-state index is 13.0. The van der Waals surface area contributed by atoms with Gasteiger partial charge in [-0.15, -0.1) is 0 Å². The molecule has 1 rings (SSSR count). The summed E-state index contributed by atoms with van der Waals surface area (Å²) in [6.45, 7) is 6.55. The molecule has 0 radical (unpaired) electrons. The van der Waals surface area contributed by atoms with E-state index < -0.39 is 11.6 Å². The normalized spacial score (nSPS) is 11.4. The fourth-order valence-corrected chi connectivity index (χ4v) is 1.63. The van der Waals surface area contributed by atoms with E-state index in [1.54, 1.807) is 7.05 Å². The lowest BCUT2D eigenvalue weighted by Crippen LogP contribution is -2.34. The molecule has 17 heavy (non-hydrogen) atoms. The molecule has 0 unspecified atom stereocenters. The van der Waals surface area contributed by atoms with E-state index >= 15 is 0 Å². The molecule has 0 bridgehead atoms. The minimum Gasteiger partial charge on any atom is -0.341 e. The Kier molecular flexibility index (Phi) is 3.86. The van der Waals surface area contributed by atoms with Gasteiger partial charge in [0.1, 0.15) is 0 Å². The van der Waals surface area contributed by atoms with Crippen molar-refractivity contribution in [1.82, 2.24) is 4.90 Å². The number of carbonyl (C=O) groups excluding carboxylic acids is 1. The second kappa shape index (κ2) is 4.82. The molecule has 0 aliphatic heterocycles. The van der Waals surface area contributed by atoms with Crippen molar-refractivity contribution >= 4 is 5.91 Å². The van der Waals surface area contributed by atoms with Crippen LogP contribution in [0.1, 0.15) is 31.1 Å². The van der Waals surface area contributed by atoms with Crippen LogP contribution in [0.4, 0.5) is 8.78 Å². The van der Waals surface area contributed by atoms with Crippen molar-refractivity contribution < 1.29 is 13.6 Å². The second-order valence-electron chi connectivity index (χ2n) is 5.35. The number of amides is 1. The summed E-state index contributed by atoms with van der Waals surface area (Å²) < 4.78 is 25.7. The second-order valence-corrected chi connectivity index (χ2v) is 5.35. The molecule has 0 spiro atoms. The average Bonchev–Trinajstić information content (AvgIpc) is 2.18. The van der Waals surface area contributed by atoms with Crippen molar-refractivity contribution in [2.75, 3.05) is 13.6 Å². The molecule has 2 nitrogen and oxygen atoms in total. The van der Waals surface area contributed by atoms with E-state index in [0.717, 1.165) is 12.1 Å². The molecule has 1 amide bonds. The molecule has 1 aromatic carbocycles. The fraction of sp³-hybridized carbons (Fsp3) is 0.462. The molecule has 4 heteroatoms. The van der Waals surface area contributed by atoms with Gasteiger partial charge in [0.25, 0.3) is 5.91 Å². The largest absolute Gasteiger partial charge is 0.341 e. The zero-order valence-electron chi connectivity index (χ0n) is 10.6. The van der Waals surface area contributed by atoms with Gasteiger partial charge in [-0.05, 0) is 23.6 Å². The van der Waals surface area contributed by atoms with Crippen LogP contribution in [0.3, 0.4) is 0 Å². The lowest BCUT2D eigenvalue weighted by Gasteiger charge is -2.26. The predicted octanol–water partition coefficient (Wildman–Crippen LogP) is 3.08. The Balaban J connectivity index is 2.85. The molecule has 0 aliphatic rings. The van der Waals surface area contributed by atoms with Crippen LogP contribution in [0.15, 0.2) is 18.2 Å². The van der Waals surface area contributed by atoms with E-state index in [1.165, 1.54) is 11.0 Å². The molecule has 0 N–H and O–H groups in total. The Labute approximate surface area is 100 Å². The standard InChI is InChI=1S/C13H17F2NO/c1-13(2,3)8-16(4)12(17)9-5-6-10(14)11(15)7-9/h5-7H,8H2,1-4H3. The number of hydrogen-bond acceptors (Lipinski definition) is 1. The number of rotatable bonds is 2. The minimum absolute atomic E-state index is 0.0387. The highest BCUT2D eigenvalue weighted by Gasteiger charge is 2.19. The fourth-order valence-electron chi connectivity index (χ4n) is 1.63. The Morgan fingerprint density at radius 1 is 1.24 bits per heavy atom. The number of nitrogens with zero attached hydrogens (tertiary/aromatic N) is 1. The molecule has 0 heterocycles. The number of halogens is 2. The minimum atomic E-state index is -1.000. The van der Waals surface area contributed by atoms with Crippen molar-refractivity contribution in [3.8, 4) is 0 Å². The Hall–Kier alpha value is -1.45. The summed E-state index contributed by atoms with van der Waals surface area (Å²) in [4.78, 5) is 13.4. The van der Waals surface area contributed by atoms with Crippen molar-refractivity contribution in [2.24, 2.45) is 5.41 Å². The summed E-state index contributed by atoms with van der Waals surface area (Å²) in [5, 5.41) is 0. The van der Waals surface area contributed by atoms with Crippen molar-refractivity contribution in [3.05, 3.63) is 35.4 Å². The molecular weight excluding hydrogens is 224 g/mol. The highest BCUT2D eigenvalue weighted by Crippen LogP contribution is 2.16. The Bertz CT molecular complexity index is 424. The van der Waals surface area contributed by atoms with Crippen LogP contribution in [-0.2, 0) is 0 Å². The maximum atomic E-state index is 13.0. The first-order chi connectivity index (χ1) is 7.70. The smallest absolute Gasteiger partial charge is 0.253 e. The zero-order valence-corrected chi connectivity index (χ0v) is 10.6. The topological polar surface area (TPSA) is 20.3 Å². The van der Waals surface area contributed by atoms with Crippen LogP contribution in [0.25, 0.3) is 0 Å². The summed E-state index contributed by atoms with van der Waals surface area (Å²) in [5.41, 5.74) is 0.124. The van der Waals surface area contributed by atoms with Crippen molar-refractivity contribution in [3.63, 3.8) is 0 Å². The highest BCUT2D eigenvalue weighted by molar-refractivity contribution is 5.94. The van der Waals surface area contributed by atoms with E-state index in [2.05, 4.69) is 0 Å². The lowest BCUT2D eigenvalue weighted by molar-refractivity contribution is 0.0745. The van der Waals surface area contributed by atoms with E-state index in [0.29, 0.717) is 6.54 Å².